The van der Waals surface area contributed by atoms with E-state index in [4.69, 9.17) is 11.6 Å². The maximum Gasteiger partial charge on any atom is 0.229 e. The molecule has 29 heavy (non-hydrogen) atoms. The average molecular weight is 407 g/mol. The van der Waals surface area contributed by atoms with Crippen molar-refractivity contribution >= 4 is 40.5 Å². The molecular formula is C23H23ClN4O. The number of carbonyl (C=O) groups is 1. The van der Waals surface area contributed by atoms with E-state index >= 15 is 0 Å². The fraction of sp³-hybridized carbons (Fsp3) is 0.261. The van der Waals surface area contributed by atoms with Crippen molar-refractivity contribution in [1.29, 1.82) is 0 Å². The van der Waals surface area contributed by atoms with Crippen molar-refractivity contribution in [3.05, 3.63) is 69.9 Å². The lowest BCUT2D eigenvalue weighted by atomic mass is 9.87. The Morgan fingerprint density at radius 2 is 1.76 bits per heavy atom. The maximum absolute atomic E-state index is 12.8. The predicted octanol–water partition coefficient (Wildman–Crippen LogP) is 6.00. The van der Waals surface area contributed by atoms with E-state index in [0.717, 1.165) is 23.5 Å². The molecular weight excluding hydrogens is 384 g/mol. The second-order valence-electron chi connectivity index (χ2n) is 7.71. The molecule has 1 unspecified atom stereocenters. The number of hydrogen-bond acceptors (Lipinski definition) is 5. The molecule has 2 N–H and O–H groups in total. The van der Waals surface area contributed by atoms with Crippen LogP contribution in [0.5, 0.6) is 0 Å². The first-order chi connectivity index (χ1) is 13.9. The molecule has 1 aromatic heterocycles. The SMILES string of the molecule is Cc1ccc(Nc2nc3c(c(Nc4cccc(Cl)c4)n2)C(=O)CC(C)C3)cc1C. The van der Waals surface area contributed by atoms with Crippen molar-refractivity contribution in [3.63, 3.8) is 0 Å². The summed E-state index contributed by atoms with van der Waals surface area (Å²) in [6.07, 6.45) is 1.25. The molecule has 1 heterocycles. The van der Waals surface area contributed by atoms with E-state index in [9.17, 15) is 4.79 Å². The minimum Gasteiger partial charge on any atom is -0.339 e. The fourth-order valence-electron chi connectivity index (χ4n) is 3.57. The molecule has 1 aliphatic carbocycles. The molecule has 148 valence electrons. The highest BCUT2D eigenvalue weighted by atomic mass is 35.5. The average Bonchev–Trinajstić information content (AvgIpc) is 2.64. The standard InChI is InChI=1S/C23H23ClN4O/c1-13-9-19-21(20(29)10-13)22(25-17-6-4-5-16(24)12-17)28-23(27-19)26-18-8-7-14(2)15(3)11-18/h4-8,11-13H,9-10H2,1-3H3,(H2,25,26,27,28). The monoisotopic (exact) mass is 406 g/mol. The number of nitrogens with zero attached hydrogens (tertiary/aromatic N) is 2. The molecule has 2 aromatic carbocycles. The lowest BCUT2D eigenvalue weighted by Gasteiger charge is -2.23. The summed E-state index contributed by atoms with van der Waals surface area (Å²) in [4.78, 5) is 22.1. The molecule has 3 aromatic rings. The van der Waals surface area contributed by atoms with Crippen LogP contribution in [0.2, 0.25) is 5.02 Å². The van der Waals surface area contributed by atoms with E-state index < -0.39 is 0 Å². The summed E-state index contributed by atoms with van der Waals surface area (Å²) in [6, 6.07) is 13.5. The van der Waals surface area contributed by atoms with Gasteiger partial charge in [0.25, 0.3) is 0 Å². The zero-order chi connectivity index (χ0) is 20.5. The van der Waals surface area contributed by atoms with Gasteiger partial charge >= 0.3 is 0 Å². The van der Waals surface area contributed by atoms with E-state index in [1.807, 2.05) is 30.3 Å². The van der Waals surface area contributed by atoms with E-state index in [1.165, 1.54) is 11.1 Å². The Morgan fingerprint density at radius 3 is 2.52 bits per heavy atom. The molecule has 0 saturated carbocycles. The van der Waals surface area contributed by atoms with E-state index in [0.29, 0.717) is 28.8 Å². The van der Waals surface area contributed by atoms with Gasteiger partial charge in [-0.2, -0.15) is 4.98 Å². The first-order valence-electron chi connectivity index (χ1n) is 9.70. The lowest BCUT2D eigenvalue weighted by molar-refractivity contribution is 0.0953. The van der Waals surface area contributed by atoms with Crippen LogP contribution in [-0.4, -0.2) is 15.8 Å². The number of benzene rings is 2. The molecule has 5 nitrogen and oxygen atoms in total. The van der Waals surface area contributed by atoms with Gasteiger partial charge in [0.1, 0.15) is 5.82 Å². The zero-order valence-electron chi connectivity index (χ0n) is 16.7. The molecule has 0 spiro atoms. The first-order valence-corrected chi connectivity index (χ1v) is 10.1. The van der Waals surface area contributed by atoms with Crippen molar-refractivity contribution in [3.8, 4) is 0 Å². The van der Waals surface area contributed by atoms with Gasteiger partial charge < -0.3 is 10.6 Å². The molecule has 0 saturated heterocycles. The van der Waals surface area contributed by atoms with Crippen LogP contribution in [0.15, 0.2) is 42.5 Å². The zero-order valence-corrected chi connectivity index (χ0v) is 17.5. The highest BCUT2D eigenvalue weighted by Crippen LogP contribution is 2.32. The van der Waals surface area contributed by atoms with E-state index in [-0.39, 0.29) is 11.7 Å². The number of ketones is 1. The number of Topliss-reactive ketones (excluding diaryl/α,β-unsaturated/α-hetero) is 1. The largest absolute Gasteiger partial charge is 0.339 e. The normalized spacial score (nSPS) is 15.7. The summed E-state index contributed by atoms with van der Waals surface area (Å²) in [5.41, 5.74) is 5.46. The summed E-state index contributed by atoms with van der Waals surface area (Å²) >= 11 is 6.12. The van der Waals surface area contributed by atoms with Gasteiger partial charge in [-0.15, -0.1) is 0 Å². The van der Waals surface area contributed by atoms with Gasteiger partial charge in [0.2, 0.25) is 5.95 Å². The first kappa shape index (κ1) is 19.4. The Kier molecular flexibility index (Phi) is 5.24. The van der Waals surface area contributed by atoms with Gasteiger partial charge in [0.05, 0.1) is 11.3 Å². The van der Waals surface area contributed by atoms with Gasteiger partial charge in [-0.25, -0.2) is 4.98 Å². The lowest BCUT2D eigenvalue weighted by Crippen LogP contribution is -2.22. The van der Waals surface area contributed by atoms with Crippen LogP contribution < -0.4 is 10.6 Å². The highest BCUT2D eigenvalue weighted by molar-refractivity contribution is 6.30. The Morgan fingerprint density at radius 1 is 0.966 bits per heavy atom. The van der Waals surface area contributed by atoms with Gasteiger partial charge in [0.15, 0.2) is 5.78 Å². The molecule has 4 rings (SSSR count). The number of halogens is 1. The van der Waals surface area contributed by atoms with Crippen LogP contribution in [0.1, 0.15) is 40.5 Å². The summed E-state index contributed by atoms with van der Waals surface area (Å²) in [5.74, 6) is 1.32. The van der Waals surface area contributed by atoms with Crippen molar-refractivity contribution in [2.45, 2.75) is 33.6 Å². The minimum atomic E-state index is 0.0704. The molecule has 1 atom stereocenters. The summed E-state index contributed by atoms with van der Waals surface area (Å²) in [7, 11) is 0. The predicted molar refractivity (Wildman–Crippen MR) is 118 cm³/mol. The molecule has 0 bridgehead atoms. The summed E-state index contributed by atoms with van der Waals surface area (Å²) in [6.45, 7) is 6.22. The smallest absolute Gasteiger partial charge is 0.229 e. The van der Waals surface area contributed by atoms with Crippen LogP contribution in [-0.2, 0) is 6.42 Å². The van der Waals surface area contributed by atoms with Crippen LogP contribution in [0.25, 0.3) is 0 Å². The van der Waals surface area contributed by atoms with Gasteiger partial charge in [-0.1, -0.05) is 30.7 Å². The van der Waals surface area contributed by atoms with Gasteiger partial charge in [-0.3, -0.25) is 4.79 Å². The second kappa shape index (κ2) is 7.84. The number of rotatable bonds is 4. The number of hydrogen-bond donors (Lipinski definition) is 2. The minimum absolute atomic E-state index is 0.0704. The number of aromatic nitrogens is 2. The molecule has 6 heteroatoms. The number of carbonyl (C=O) groups excluding carboxylic acids is 1. The Bertz CT molecular complexity index is 1100. The third-order valence-electron chi connectivity index (χ3n) is 5.19. The summed E-state index contributed by atoms with van der Waals surface area (Å²) in [5, 5.41) is 7.18. The van der Waals surface area contributed by atoms with Gasteiger partial charge in [0, 0.05) is 22.8 Å². The van der Waals surface area contributed by atoms with Crippen molar-refractivity contribution in [1.82, 2.24) is 9.97 Å². The topological polar surface area (TPSA) is 66.9 Å². The highest BCUT2D eigenvalue weighted by Gasteiger charge is 2.28. The van der Waals surface area contributed by atoms with Crippen LogP contribution in [0.4, 0.5) is 23.1 Å². The Balaban J connectivity index is 1.75. The number of fused-ring (bicyclic) bond motifs is 1. The van der Waals surface area contributed by atoms with Crippen molar-refractivity contribution in [2.75, 3.05) is 10.6 Å². The van der Waals surface area contributed by atoms with Crippen LogP contribution >= 0.6 is 11.6 Å². The second-order valence-corrected chi connectivity index (χ2v) is 8.15. The molecule has 0 fully saturated rings. The third kappa shape index (κ3) is 4.25. The van der Waals surface area contributed by atoms with Gasteiger partial charge in [-0.05, 0) is 67.6 Å². The quantitative estimate of drug-likeness (QED) is 0.556. The van der Waals surface area contributed by atoms with Crippen LogP contribution in [0.3, 0.4) is 0 Å². The molecule has 0 radical (unpaired) electrons. The molecule has 0 amide bonds. The third-order valence-corrected chi connectivity index (χ3v) is 5.42. The van der Waals surface area contributed by atoms with Crippen LogP contribution in [0, 0.1) is 19.8 Å². The number of aryl methyl sites for hydroxylation is 2. The molecule has 0 aliphatic heterocycles. The Hall–Kier alpha value is -2.92. The molecule has 1 aliphatic rings. The van der Waals surface area contributed by atoms with Crippen molar-refractivity contribution < 1.29 is 4.79 Å². The van der Waals surface area contributed by atoms with Crippen molar-refractivity contribution in [2.24, 2.45) is 5.92 Å². The van der Waals surface area contributed by atoms with E-state index in [2.05, 4.69) is 53.5 Å². The van der Waals surface area contributed by atoms with E-state index in [1.54, 1.807) is 0 Å². The number of anilines is 4. The number of nitrogens with one attached hydrogen (secondary N) is 2. The fourth-order valence-corrected chi connectivity index (χ4v) is 3.76. The Labute approximate surface area is 175 Å². The summed E-state index contributed by atoms with van der Waals surface area (Å²) < 4.78 is 0. The maximum atomic E-state index is 12.8.